The van der Waals surface area contributed by atoms with Crippen LogP contribution in [0, 0.1) is 23.1 Å². The number of rotatable bonds is 7. The van der Waals surface area contributed by atoms with E-state index in [0.29, 0.717) is 38.9 Å². The van der Waals surface area contributed by atoms with Crippen LogP contribution in [0.2, 0.25) is 0 Å². The summed E-state index contributed by atoms with van der Waals surface area (Å²) in [5.41, 5.74) is 1.43. The van der Waals surface area contributed by atoms with Gasteiger partial charge in [0.25, 0.3) is 0 Å². The molecule has 6 nitrogen and oxygen atoms in total. The molecule has 180 valence electrons. The lowest BCUT2D eigenvalue weighted by Crippen LogP contribution is -2.46. The van der Waals surface area contributed by atoms with Crippen LogP contribution in [0.1, 0.15) is 43.2 Å². The van der Waals surface area contributed by atoms with Gasteiger partial charge in [-0.25, -0.2) is 4.39 Å². The highest BCUT2D eigenvalue weighted by Crippen LogP contribution is 2.27. The number of nitrogens with one attached hydrogen (secondary N) is 1. The number of nitriles is 1. The van der Waals surface area contributed by atoms with E-state index in [1.165, 1.54) is 11.6 Å². The summed E-state index contributed by atoms with van der Waals surface area (Å²) in [5, 5.41) is 23.0. The van der Waals surface area contributed by atoms with E-state index in [9.17, 15) is 14.3 Å². The summed E-state index contributed by atoms with van der Waals surface area (Å²) in [6.07, 6.45) is 3.43. The number of halogens is 1. The van der Waals surface area contributed by atoms with Crippen LogP contribution in [-0.4, -0.2) is 54.2 Å². The fourth-order valence-electron chi connectivity index (χ4n) is 4.98. The summed E-state index contributed by atoms with van der Waals surface area (Å²) < 4.78 is 13.6. The summed E-state index contributed by atoms with van der Waals surface area (Å²) in [5.74, 6) is -0.528. The zero-order valence-electron chi connectivity index (χ0n) is 19.5. The molecule has 2 aliphatic rings. The molecule has 2 saturated heterocycles. The molecule has 0 aliphatic carbocycles. The second-order valence-corrected chi connectivity index (χ2v) is 9.56. The lowest BCUT2D eigenvalue weighted by Gasteiger charge is -2.38. The number of aliphatic hydroxyl groups is 1. The van der Waals surface area contributed by atoms with Crippen molar-refractivity contribution in [3.8, 4) is 6.07 Å². The third-order valence-corrected chi connectivity index (χ3v) is 7.23. The Balaban J connectivity index is 1.17. The normalized spacial score (nSPS) is 18.9. The third-order valence-electron chi connectivity index (χ3n) is 7.23. The van der Waals surface area contributed by atoms with Crippen LogP contribution >= 0.6 is 0 Å². The maximum atomic E-state index is 13.6. The number of amides is 1. The van der Waals surface area contributed by atoms with Gasteiger partial charge < -0.3 is 15.3 Å². The molecule has 0 radical (unpaired) electrons. The molecule has 0 saturated carbocycles. The van der Waals surface area contributed by atoms with E-state index >= 15 is 0 Å². The van der Waals surface area contributed by atoms with Crippen LogP contribution in [-0.2, 0) is 11.3 Å². The monoisotopic (exact) mass is 464 g/mol. The fourth-order valence-corrected chi connectivity index (χ4v) is 4.98. The van der Waals surface area contributed by atoms with Gasteiger partial charge in [-0.2, -0.15) is 5.26 Å². The maximum Gasteiger partial charge on any atom is 0.223 e. The predicted octanol–water partition coefficient (Wildman–Crippen LogP) is 3.45. The highest BCUT2D eigenvalue weighted by Gasteiger charge is 2.32. The topological polar surface area (TPSA) is 79.6 Å². The number of benzene rings is 2. The zero-order valence-corrected chi connectivity index (χ0v) is 19.5. The average Bonchev–Trinajstić information content (AvgIpc) is 2.86. The first kappa shape index (κ1) is 24.2. The molecule has 0 aromatic heterocycles. The van der Waals surface area contributed by atoms with Gasteiger partial charge in [0.05, 0.1) is 11.2 Å². The van der Waals surface area contributed by atoms with E-state index in [2.05, 4.69) is 39.4 Å². The lowest BCUT2D eigenvalue weighted by atomic mass is 9.88. The van der Waals surface area contributed by atoms with Gasteiger partial charge in [-0.05, 0) is 55.9 Å². The van der Waals surface area contributed by atoms with Crippen LogP contribution in [0.3, 0.4) is 0 Å². The molecular weight excluding hydrogens is 431 g/mol. The van der Waals surface area contributed by atoms with Crippen molar-refractivity contribution in [2.75, 3.05) is 37.6 Å². The number of carbonyl (C=O) groups is 1. The first-order valence-electron chi connectivity index (χ1n) is 12.2. The van der Waals surface area contributed by atoms with Gasteiger partial charge in [0.15, 0.2) is 0 Å². The Morgan fingerprint density at radius 1 is 1.12 bits per heavy atom. The van der Waals surface area contributed by atoms with Crippen molar-refractivity contribution in [2.45, 2.75) is 44.2 Å². The Kier molecular flexibility index (Phi) is 7.81. The van der Waals surface area contributed by atoms with Crippen LogP contribution in [0.4, 0.5) is 10.1 Å². The summed E-state index contributed by atoms with van der Waals surface area (Å²) in [7, 11) is 0. The molecule has 2 fully saturated rings. The number of anilines is 1. The van der Waals surface area contributed by atoms with E-state index in [1.54, 1.807) is 12.1 Å². The minimum Gasteiger partial charge on any atom is -0.390 e. The van der Waals surface area contributed by atoms with Crippen LogP contribution in [0.5, 0.6) is 0 Å². The number of piperidine rings is 2. The van der Waals surface area contributed by atoms with Crippen molar-refractivity contribution in [1.29, 1.82) is 5.26 Å². The molecule has 2 aliphatic heterocycles. The summed E-state index contributed by atoms with van der Waals surface area (Å²) in [6, 6.07) is 16.8. The van der Waals surface area contributed by atoms with Gasteiger partial charge in [0, 0.05) is 50.9 Å². The smallest absolute Gasteiger partial charge is 0.223 e. The summed E-state index contributed by atoms with van der Waals surface area (Å²) in [4.78, 5) is 17.1. The molecule has 0 unspecified atom stereocenters. The lowest BCUT2D eigenvalue weighted by molar-refractivity contribution is -0.125. The van der Waals surface area contributed by atoms with E-state index in [1.807, 2.05) is 12.1 Å². The number of carbonyl (C=O) groups excluding carboxylic acids is 1. The first-order valence-corrected chi connectivity index (χ1v) is 12.2. The van der Waals surface area contributed by atoms with Crippen molar-refractivity contribution in [1.82, 2.24) is 10.2 Å². The number of hydrogen-bond acceptors (Lipinski definition) is 5. The number of hydrogen-bond donors (Lipinski definition) is 2. The molecule has 7 heteroatoms. The van der Waals surface area contributed by atoms with Crippen LogP contribution < -0.4 is 10.2 Å². The maximum absolute atomic E-state index is 13.6. The summed E-state index contributed by atoms with van der Waals surface area (Å²) >= 11 is 0. The van der Waals surface area contributed by atoms with Crippen molar-refractivity contribution in [2.24, 2.45) is 5.92 Å². The van der Waals surface area contributed by atoms with Crippen LogP contribution in [0.15, 0.2) is 48.5 Å². The molecular formula is C27H33FN4O2. The number of nitrogens with zero attached hydrogens (tertiary/aromatic N) is 3. The Hall–Kier alpha value is -2.95. The van der Waals surface area contributed by atoms with Crippen molar-refractivity contribution in [3.63, 3.8) is 0 Å². The highest BCUT2D eigenvalue weighted by molar-refractivity contribution is 5.79. The highest BCUT2D eigenvalue weighted by atomic mass is 19.1. The Morgan fingerprint density at radius 2 is 1.82 bits per heavy atom. The van der Waals surface area contributed by atoms with Crippen molar-refractivity contribution < 1.29 is 14.3 Å². The molecule has 34 heavy (non-hydrogen) atoms. The molecule has 0 atom stereocenters. The molecule has 0 bridgehead atoms. The molecule has 2 N–H and O–H groups in total. The minimum atomic E-state index is -0.717. The van der Waals surface area contributed by atoms with Gasteiger partial charge in [-0.15, -0.1) is 0 Å². The van der Waals surface area contributed by atoms with Gasteiger partial charge in [-0.3, -0.25) is 9.69 Å². The Bertz CT molecular complexity index is 1010. The second-order valence-electron chi connectivity index (χ2n) is 9.56. The number of likely N-dealkylation sites (tertiary alicyclic amines) is 1. The van der Waals surface area contributed by atoms with Crippen molar-refractivity contribution in [3.05, 3.63) is 65.5 Å². The minimum absolute atomic E-state index is 0.0428. The van der Waals surface area contributed by atoms with E-state index < -0.39 is 11.4 Å². The van der Waals surface area contributed by atoms with Gasteiger partial charge >= 0.3 is 0 Å². The SMILES string of the molecule is N#Cc1cc(N2CCC(C(=O)NCCC3(O)CCN(Cc4ccccc4)CC3)CC2)ccc1F. The molecule has 0 spiro atoms. The Labute approximate surface area is 201 Å². The largest absolute Gasteiger partial charge is 0.390 e. The van der Waals surface area contributed by atoms with Crippen molar-refractivity contribution >= 4 is 11.6 Å². The fraction of sp³-hybridized carbons (Fsp3) is 0.481. The predicted molar refractivity (Wildman–Crippen MR) is 130 cm³/mol. The standard InChI is InChI=1S/C27H33FN4O2/c28-25-7-6-24(18-23(25)19-29)32-14-8-22(9-15-32)26(33)30-13-10-27(34)11-16-31(17-12-27)20-21-4-2-1-3-5-21/h1-7,18,22,34H,8-17,20H2,(H,30,33). The average molecular weight is 465 g/mol. The quantitative estimate of drug-likeness (QED) is 0.656. The van der Waals surface area contributed by atoms with Gasteiger partial charge in [-0.1, -0.05) is 30.3 Å². The molecule has 2 aromatic rings. The van der Waals surface area contributed by atoms with Gasteiger partial charge in [0.1, 0.15) is 11.9 Å². The van der Waals surface area contributed by atoms with Crippen LogP contribution in [0.25, 0.3) is 0 Å². The second kappa shape index (κ2) is 11.0. The molecule has 1 amide bonds. The van der Waals surface area contributed by atoms with E-state index in [0.717, 1.165) is 38.2 Å². The van der Waals surface area contributed by atoms with E-state index in [4.69, 9.17) is 5.26 Å². The molecule has 4 rings (SSSR count). The zero-order chi connectivity index (χ0) is 24.0. The third kappa shape index (κ3) is 6.13. The van der Waals surface area contributed by atoms with Gasteiger partial charge in [0.2, 0.25) is 5.91 Å². The summed E-state index contributed by atoms with van der Waals surface area (Å²) in [6.45, 7) is 4.48. The Morgan fingerprint density at radius 3 is 2.50 bits per heavy atom. The molecule has 2 aromatic carbocycles. The molecule has 2 heterocycles. The van der Waals surface area contributed by atoms with E-state index in [-0.39, 0.29) is 17.4 Å². The first-order chi connectivity index (χ1) is 16.5.